The topological polar surface area (TPSA) is 41.7 Å². The molecule has 0 bridgehead atoms. The second-order valence-corrected chi connectivity index (χ2v) is 6.76. The van der Waals surface area contributed by atoms with Crippen molar-refractivity contribution < 1.29 is 4.74 Å². The van der Waals surface area contributed by atoms with Crippen molar-refractivity contribution in [1.82, 2.24) is 9.80 Å². The fourth-order valence-electron chi connectivity index (χ4n) is 3.44. The number of ether oxygens (including phenoxy) is 1. The molecule has 2 saturated heterocycles. The van der Waals surface area contributed by atoms with Gasteiger partial charge in [-0.15, -0.1) is 0 Å². The van der Waals surface area contributed by atoms with Gasteiger partial charge in [-0.05, 0) is 32.6 Å². The molecule has 0 amide bonds. The minimum absolute atomic E-state index is 0.145. The molecule has 3 rings (SSSR count). The summed E-state index contributed by atoms with van der Waals surface area (Å²) in [7, 11) is 0. The van der Waals surface area contributed by atoms with Gasteiger partial charge in [-0.25, -0.2) is 0 Å². The van der Waals surface area contributed by atoms with Crippen LogP contribution in [0.15, 0.2) is 0 Å². The van der Waals surface area contributed by atoms with E-state index in [1.807, 2.05) is 0 Å². The van der Waals surface area contributed by atoms with E-state index in [9.17, 15) is 0 Å². The van der Waals surface area contributed by atoms with Crippen molar-refractivity contribution in [1.29, 1.82) is 0 Å². The average molecular weight is 253 g/mol. The first-order valence-corrected chi connectivity index (χ1v) is 7.44. The van der Waals surface area contributed by atoms with Crippen LogP contribution in [-0.2, 0) is 4.74 Å². The lowest BCUT2D eigenvalue weighted by Crippen LogP contribution is -2.70. The Morgan fingerprint density at radius 2 is 2.06 bits per heavy atom. The lowest BCUT2D eigenvalue weighted by molar-refractivity contribution is -0.0716. The Labute approximate surface area is 110 Å². The van der Waals surface area contributed by atoms with E-state index < -0.39 is 0 Å². The third kappa shape index (κ3) is 2.57. The van der Waals surface area contributed by atoms with Gasteiger partial charge in [-0.3, -0.25) is 9.80 Å². The molecule has 2 aliphatic heterocycles. The fraction of sp³-hybridized carbons (Fsp3) is 1.00. The third-order valence-corrected chi connectivity index (χ3v) is 4.79. The highest BCUT2D eigenvalue weighted by atomic mass is 16.5. The van der Waals surface area contributed by atoms with E-state index >= 15 is 0 Å². The summed E-state index contributed by atoms with van der Waals surface area (Å²) < 4.78 is 5.88. The van der Waals surface area contributed by atoms with Gasteiger partial charge in [0.1, 0.15) is 0 Å². The Morgan fingerprint density at radius 3 is 2.67 bits per heavy atom. The maximum Gasteiger partial charge on any atom is 0.0829 e. The molecule has 0 aromatic heterocycles. The Balaban J connectivity index is 1.43. The molecular weight excluding hydrogens is 226 g/mol. The van der Waals surface area contributed by atoms with E-state index in [2.05, 4.69) is 23.6 Å². The summed E-state index contributed by atoms with van der Waals surface area (Å²) in [6.07, 6.45) is 3.08. The molecule has 3 aliphatic rings. The molecule has 0 aromatic rings. The number of nitrogens with zero attached hydrogens (tertiary/aromatic N) is 2. The van der Waals surface area contributed by atoms with Crippen LogP contribution in [0.1, 0.15) is 26.7 Å². The molecule has 0 spiro atoms. The standard InChI is InChI=1S/C14H27N3O/c1-11(2)17-5-6-18-13(8-17)7-16-9-14(15,10-16)12-3-4-12/h11-13H,3-10,15H2,1-2H3. The van der Waals surface area contributed by atoms with Gasteiger partial charge in [0.25, 0.3) is 0 Å². The normalized spacial score (nSPS) is 33.7. The largest absolute Gasteiger partial charge is 0.374 e. The van der Waals surface area contributed by atoms with Crippen LogP contribution in [0.4, 0.5) is 0 Å². The molecule has 1 atom stereocenters. The van der Waals surface area contributed by atoms with Gasteiger partial charge in [0, 0.05) is 44.3 Å². The first-order chi connectivity index (χ1) is 8.57. The summed E-state index contributed by atoms with van der Waals surface area (Å²) in [6.45, 7) is 10.8. The second-order valence-electron chi connectivity index (χ2n) is 6.76. The van der Waals surface area contributed by atoms with Crippen molar-refractivity contribution in [2.24, 2.45) is 11.7 Å². The van der Waals surface area contributed by atoms with E-state index in [1.54, 1.807) is 0 Å². The maximum atomic E-state index is 6.39. The number of hydrogen-bond donors (Lipinski definition) is 1. The van der Waals surface area contributed by atoms with Gasteiger partial charge < -0.3 is 10.5 Å². The molecule has 1 unspecified atom stereocenters. The molecule has 4 heteroatoms. The zero-order valence-electron chi connectivity index (χ0n) is 11.8. The SMILES string of the molecule is CC(C)N1CCOC(CN2CC(N)(C3CC3)C2)C1. The molecule has 1 aliphatic carbocycles. The Morgan fingerprint density at radius 1 is 1.33 bits per heavy atom. The van der Waals surface area contributed by atoms with Crippen molar-refractivity contribution in [2.45, 2.75) is 44.4 Å². The van der Waals surface area contributed by atoms with Crippen molar-refractivity contribution in [3.8, 4) is 0 Å². The quantitative estimate of drug-likeness (QED) is 0.793. The van der Waals surface area contributed by atoms with Crippen LogP contribution in [0, 0.1) is 5.92 Å². The zero-order valence-corrected chi connectivity index (χ0v) is 11.8. The first kappa shape index (κ1) is 12.9. The smallest absolute Gasteiger partial charge is 0.0829 e. The monoisotopic (exact) mass is 253 g/mol. The van der Waals surface area contributed by atoms with E-state index in [-0.39, 0.29) is 5.54 Å². The predicted molar refractivity (Wildman–Crippen MR) is 72.5 cm³/mol. The summed E-state index contributed by atoms with van der Waals surface area (Å²) in [5.74, 6) is 0.813. The summed E-state index contributed by atoms with van der Waals surface area (Å²) >= 11 is 0. The van der Waals surface area contributed by atoms with E-state index in [1.165, 1.54) is 12.8 Å². The number of rotatable bonds is 4. The van der Waals surface area contributed by atoms with Crippen molar-refractivity contribution in [2.75, 3.05) is 39.3 Å². The van der Waals surface area contributed by atoms with Gasteiger partial charge >= 0.3 is 0 Å². The third-order valence-electron chi connectivity index (χ3n) is 4.79. The summed E-state index contributed by atoms with van der Waals surface area (Å²) in [4.78, 5) is 5.00. The number of morpholine rings is 1. The van der Waals surface area contributed by atoms with Crippen LogP contribution in [0.2, 0.25) is 0 Å². The molecular formula is C14H27N3O. The Kier molecular flexibility index (Phi) is 3.39. The second kappa shape index (κ2) is 4.75. The average Bonchev–Trinajstić information content (AvgIpc) is 3.11. The predicted octanol–water partition coefficient (Wildman–Crippen LogP) is 0.519. The van der Waals surface area contributed by atoms with Gasteiger partial charge in [-0.2, -0.15) is 0 Å². The lowest BCUT2D eigenvalue weighted by Gasteiger charge is -2.50. The number of nitrogens with two attached hydrogens (primary N) is 1. The lowest BCUT2D eigenvalue weighted by atomic mass is 9.85. The number of likely N-dealkylation sites (tertiary alicyclic amines) is 1. The van der Waals surface area contributed by atoms with Crippen LogP contribution in [0.25, 0.3) is 0 Å². The van der Waals surface area contributed by atoms with Gasteiger partial charge in [-0.1, -0.05) is 0 Å². The highest BCUT2D eigenvalue weighted by molar-refractivity contribution is 5.09. The Hall–Kier alpha value is -0.160. The summed E-state index contributed by atoms with van der Waals surface area (Å²) in [6, 6.07) is 0.632. The molecule has 4 nitrogen and oxygen atoms in total. The molecule has 0 radical (unpaired) electrons. The van der Waals surface area contributed by atoms with Crippen LogP contribution in [0.5, 0.6) is 0 Å². The van der Waals surface area contributed by atoms with Crippen LogP contribution in [-0.4, -0.2) is 66.8 Å². The van der Waals surface area contributed by atoms with Crippen molar-refractivity contribution in [3.05, 3.63) is 0 Å². The van der Waals surface area contributed by atoms with Crippen LogP contribution < -0.4 is 5.73 Å². The first-order valence-electron chi connectivity index (χ1n) is 7.44. The molecule has 2 N–H and O–H groups in total. The molecule has 104 valence electrons. The van der Waals surface area contributed by atoms with Gasteiger partial charge in [0.2, 0.25) is 0 Å². The summed E-state index contributed by atoms with van der Waals surface area (Å²) in [5, 5.41) is 0. The van der Waals surface area contributed by atoms with Crippen LogP contribution in [0.3, 0.4) is 0 Å². The molecule has 0 aromatic carbocycles. The van der Waals surface area contributed by atoms with Gasteiger partial charge in [0.05, 0.1) is 12.7 Å². The molecule has 2 heterocycles. The maximum absolute atomic E-state index is 6.39. The highest BCUT2D eigenvalue weighted by Gasteiger charge is 2.50. The number of hydrogen-bond acceptors (Lipinski definition) is 4. The van der Waals surface area contributed by atoms with Crippen LogP contribution >= 0.6 is 0 Å². The van der Waals surface area contributed by atoms with Crippen molar-refractivity contribution in [3.63, 3.8) is 0 Å². The van der Waals surface area contributed by atoms with E-state index in [0.717, 1.165) is 45.2 Å². The summed E-state index contributed by atoms with van der Waals surface area (Å²) in [5.41, 5.74) is 6.53. The molecule has 3 fully saturated rings. The van der Waals surface area contributed by atoms with E-state index in [0.29, 0.717) is 12.1 Å². The Bertz CT molecular complexity index is 297. The fourth-order valence-corrected chi connectivity index (χ4v) is 3.44. The minimum atomic E-state index is 0.145. The molecule has 18 heavy (non-hydrogen) atoms. The zero-order chi connectivity index (χ0) is 12.8. The minimum Gasteiger partial charge on any atom is -0.374 e. The van der Waals surface area contributed by atoms with Crippen molar-refractivity contribution >= 4 is 0 Å². The molecule has 1 saturated carbocycles. The highest BCUT2D eigenvalue weighted by Crippen LogP contribution is 2.42. The van der Waals surface area contributed by atoms with E-state index in [4.69, 9.17) is 10.5 Å². The van der Waals surface area contributed by atoms with Gasteiger partial charge in [0.15, 0.2) is 0 Å².